The van der Waals surface area contributed by atoms with Gasteiger partial charge < -0.3 is 4.90 Å². The lowest BCUT2D eigenvalue weighted by molar-refractivity contribution is 0.202. The van der Waals surface area contributed by atoms with Gasteiger partial charge in [0.05, 0.1) is 0 Å². The first-order valence-electron chi connectivity index (χ1n) is 6.69. The predicted octanol–water partition coefficient (Wildman–Crippen LogP) is 3.86. The van der Waals surface area contributed by atoms with Crippen molar-refractivity contribution in [2.45, 2.75) is 32.1 Å². The maximum absolute atomic E-state index is 4.52. The molecular weight excluding hydrogens is 276 g/mol. The van der Waals surface area contributed by atoms with Gasteiger partial charge in [-0.25, -0.2) is 4.98 Å². The standard InChI is InChI=1S/C14H19BrN2/c15-13-5-6-14(16-9-13)17-8-7-11-3-1-2-4-12(11)10-17/h5-6,9,11-12H,1-4,7-8,10H2. The van der Waals surface area contributed by atoms with Crippen LogP contribution in [0.1, 0.15) is 32.1 Å². The molecule has 0 bridgehead atoms. The van der Waals surface area contributed by atoms with E-state index >= 15 is 0 Å². The van der Waals surface area contributed by atoms with Crippen LogP contribution in [-0.4, -0.2) is 18.1 Å². The zero-order valence-corrected chi connectivity index (χ0v) is 11.7. The highest BCUT2D eigenvalue weighted by atomic mass is 79.9. The number of hydrogen-bond donors (Lipinski definition) is 0. The van der Waals surface area contributed by atoms with Crippen LogP contribution in [0.3, 0.4) is 0 Å². The summed E-state index contributed by atoms with van der Waals surface area (Å²) in [6.45, 7) is 2.41. The Morgan fingerprint density at radius 1 is 1.12 bits per heavy atom. The topological polar surface area (TPSA) is 16.1 Å². The van der Waals surface area contributed by atoms with Crippen LogP contribution in [0.25, 0.3) is 0 Å². The summed E-state index contributed by atoms with van der Waals surface area (Å²) in [6, 6.07) is 4.22. The number of piperidine rings is 1. The van der Waals surface area contributed by atoms with Gasteiger partial charge in [0.15, 0.2) is 0 Å². The number of fused-ring (bicyclic) bond motifs is 1. The Morgan fingerprint density at radius 2 is 1.94 bits per heavy atom. The monoisotopic (exact) mass is 294 g/mol. The van der Waals surface area contributed by atoms with Gasteiger partial charge in [-0.2, -0.15) is 0 Å². The van der Waals surface area contributed by atoms with Gasteiger partial charge in [-0.1, -0.05) is 19.3 Å². The van der Waals surface area contributed by atoms with Crippen molar-refractivity contribution < 1.29 is 0 Å². The van der Waals surface area contributed by atoms with Crippen LogP contribution in [0.5, 0.6) is 0 Å². The van der Waals surface area contributed by atoms with Crippen LogP contribution in [0.15, 0.2) is 22.8 Å². The lowest BCUT2D eigenvalue weighted by atomic mass is 9.75. The zero-order chi connectivity index (χ0) is 11.7. The molecule has 2 nitrogen and oxygen atoms in total. The number of rotatable bonds is 1. The maximum Gasteiger partial charge on any atom is 0.128 e. The van der Waals surface area contributed by atoms with Crippen molar-refractivity contribution in [3.05, 3.63) is 22.8 Å². The number of halogens is 1. The van der Waals surface area contributed by atoms with Crippen molar-refractivity contribution in [1.82, 2.24) is 4.98 Å². The lowest BCUT2D eigenvalue weighted by Gasteiger charge is -2.41. The summed E-state index contributed by atoms with van der Waals surface area (Å²) in [5.74, 6) is 3.07. The lowest BCUT2D eigenvalue weighted by Crippen LogP contribution is -2.42. The molecule has 1 saturated carbocycles. The van der Waals surface area contributed by atoms with Crippen LogP contribution in [-0.2, 0) is 0 Å². The highest BCUT2D eigenvalue weighted by molar-refractivity contribution is 9.10. The van der Waals surface area contributed by atoms with Crippen LogP contribution >= 0.6 is 15.9 Å². The number of anilines is 1. The van der Waals surface area contributed by atoms with E-state index in [1.165, 1.54) is 45.2 Å². The second-order valence-electron chi connectivity index (χ2n) is 5.37. The normalized spacial score (nSPS) is 28.9. The molecule has 1 aromatic heterocycles. The van der Waals surface area contributed by atoms with Crippen LogP contribution in [0, 0.1) is 11.8 Å². The first-order valence-corrected chi connectivity index (χ1v) is 7.49. The molecule has 2 fully saturated rings. The molecule has 1 aliphatic heterocycles. The second kappa shape index (κ2) is 4.97. The van der Waals surface area contributed by atoms with Gasteiger partial charge in [0.2, 0.25) is 0 Å². The van der Waals surface area contributed by atoms with Gasteiger partial charge in [0.25, 0.3) is 0 Å². The Kier molecular flexibility index (Phi) is 3.37. The van der Waals surface area contributed by atoms with Crippen molar-refractivity contribution in [1.29, 1.82) is 0 Å². The number of hydrogen-bond acceptors (Lipinski definition) is 2. The third-order valence-corrected chi connectivity index (χ3v) is 4.80. The van der Waals surface area contributed by atoms with E-state index in [1.807, 2.05) is 6.20 Å². The fourth-order valence-electron chi connectivity index (χ4n) is 3.36. The summed E-state index contributed by atoms with van der Waals surface area (Å²) >= 11 is 3.44. The van der Waals surface area contributed by atoms with Gasteiger partial charge in [0, 0.05) is 23.8 Å². The zero-order valence-electron chi connectivity index (χ0n) is 10.1. The fraction of sp³-hybridized carbons (Fsp3) is 0.643. The highest BCUT2D eigenvalue weighted by Gasteiger charge is 2.31. The number of nitrogens with zero attached hydrogens (tertiary/aromatic N) is 2. The van der Waals surface area contributed by atoms with Crippen LogP contribution in [0.2, 0.25) is 0 Å². The van der Waals surface area contributed by atoms with Crippen LogP contribution in [0.4, 0.5) is 5.82 Å². The molecule has 0 radical (unpaired) electrons. The van der Waals surface area contributed by atoms with Crippen molar-refractivity contribution in [2.75, 3.05) is 18.0 Å². The van der Waals surface area contributed by atoms with Crippen LogP contribution < -0.4 is 4.90 Å². The molecule has 2 heterocycles. The van der Waals surface area contributed by atoms with E-state index in [1.54, 1.807) is 0 Å². The molecule has 1 aromatic rings. The van der Waals surface area contributed by atoms with E-state index < -0.39 is 0 Å². The van der Waals surface area contributed by atoms with E-state index in [9.17, 15) is 0 Å². The summed E-state index contributed by atoms with van der Waals surface area (Å²) in [6.07, 6.45) is 9.05. The Balaban J connectivity index is 1.71. The van der Waals surface area contributed by atoms with Gasteiger partial charge in [-0.05, 0) is 52.7 Å². The van der Waals surface area contributed by atoms with Gasteiger partial charge in [-0.3, -0.25) is 0 Å². The van der Waals surface area contributed by atoms with E-state index in [0.29, 0.717) is 0 Å². The maximum atomic E-state index is 4.52. The molecule has 17 heavy (non-hydrogen) atoms. The molecule has 2 aliphatic rings. The second-order valence-corrected chi connectivity index (χ2v) is 6.29. The van der Waals surface area contributed by atoms with Gasteiger partial charge >= 0.3 is 0 Å². The number of aromatic nitrogens is 1. The summed E-state index contributed by atoms with van der Waals surface area (Å²) in [4.78, 5) is 6.99. The largest absolute Gasteiger partial charge is 0.356 e. The van der Waals surface area contributed by atoms with E-state index in [2.05, 4.69) is 37.9 Å². The van der Waals surface area contributed by atoms with Crippen molar-refractivity contribution in [3.8, 4) is 0 Å². The molecule has 0 aromatic carbocycles. The molecule has 0 spiro atoms. The van der Waals surface area contributed by atoms with E-state index in [0.717, 1.165) is 22.1 Å². The first kappa shape index (κ1) is 11.5. The summed E-state index contributed by atoms with van der Waals surface area (Å²) in [7, 11) is 0. The third kappa shape index (κ3) is 2.49. The van der Waals surface area contributed by atoms with E-state index in [4.69, 9.17) is 0 Å². The van der Waals surface area contributed by atoms with Crippen molar-refractivity contribution >= 4 is 21.7 Å². The molecule has 1 aliphatic carbocycles. The minimum atomic E-state index is 0.919. The fourth-order valence-corrected chi connectivity index (χ4v) is 3.60. The SMILES string of the molecule is Brc1ccc(N2CCC3CCCCC3C2)nc1. The quantitative estimate of drug-likeness (QED) is 0.782. The van der Waals surface area contributed by atoms with E-state index in [-0.39, 0.29) is 0 Å². The average molecular weight is 295 g/mol. The molecule has 2 atom stereocenters. The highest BCUT2D eigenvalue weighted by Crippen LogP contribution is 2.37. The summed E-state index contributed by atoms with van der Waals surface area (Å²) in [5, 5.41) is 0. The molecule has 1 saturated heterocycles. The predicted molar refractivity (Wildman–Crippen MR) is 74.2 cm³/mol. The Bertz CT molecular complexity index is 376. The number of pyridine rings is 1. The first-order chi connectivity index (χ1) is 8.33. The third-order valence-electron chi connectivity index (χ3n) is 4.33. The molecule has 2 unspecified atom stereocenters. The molecule has 0 N–H and O–H groups in total. The minimum absolute atomic E-state index is 0.919. The smallest absolute Gasteiger partial charge is 0.128 e. The van der Waals surface area contributed by atoms with Gasteiger partial charge in [0.1, 0.15) is 5.82 Å². The minimum Gasteiger partial charge on any atom is -0.356 e. The Hall–Kier alpha value is -0.570. The van der Waals surface area contributed by atoms with Crippen molar-refractivity contribution in [2.24, 2.45) is 11.8 Å². The van der Waals surface area contributed by atoms with Crippen molar-refractivity contribution in [3.63, 3.8) is 0 Å². The average Bonchev–Trinajstić information content (AvgIpc) is 2.39. The molecule has 3 heteroatoms. The Labute approximate surface area is 112 Å². The summed E-state index contributed by atoms with van der Waals surface area (Å²) in [5.41, 5.74) is 0. The molecular formula is C14H19BrN2. The van der Waals surface area contributed by atoms with Gasteiger partial charge in [-0.15, -0.1) is 0 Å². The molecule has 3 rings (SSSR count). The molecule has 92 valence electrons. The molecule has 0 amide bonds. The summed E-state index contributed by atoms with van der Waals surface area (Å²) < 4.78 is 1.06. The Morgan fingerprint density at radius 3 is 2.71 bits per heavy atom.